The van der Waals surface area contributed by atoms with Crippen molar-refractivity contribution in [2.45, 2.75) is 20.0 Å². The number of carbonyl (C=O) groups is 1. The van der Waals surface area contributed by atoms with Gasteiger partial charge in [0.15, 0.2) is 0 Å². The molecule has 5 heteroatoms. The second-order valence-electron chi connectivity index (χ2n) is 3.53. The van der Waals surface area contributed by atoms with Gasteiger partial charge in [-0.15, -0.1) is 11.6 Å². The minimum Gasteiger partial charge on any atom is -0.508 e. The number of hydrogen-bond donors (Lipinski definition) is 2. The van der Waals surface area contributed by atoms with E-state index in [2.05, 4.69) is 5.32 Å². The van der Waals surface area contributed by atoms with Crippen LogP contribution in [0.4, 0.5) is 5.69 Å². The lowest BCUT2D eigenvalue weighted by Crippen LogP contribution is -2.15. The van der Waals surface area contributed by atoms with E-state index in [1.54, 1.807) is 6.07 Å². The van der Waals surface area contributed by atoms with Crippen molar-refractivity contribution in [2.75, 3.05) is 11.2 Å². The Bertz CT molecular complexity index is 379. The minimum atomic E-state index is -0.319. The summed E-state index contributed by atoms with van der Waals surface area (Å²) in [6.07, 6.45) is -0.0477. The number of anilines is 1. The van der Waals surface area contributed by atoms with Gasteiger partial charge in [0.1, 0.15) is 17.4 Å². The van der Waals surface area contributed by atoms with Crippen LogP contribution in [0.15, 0.2) is 18.2 Å². The first kappa shape index (κ1) is 12.6. The average molecular weight is 244 g/mol. The summed E-state index contributed by atoms with van der Waals surface area (Å²) < 4.78 is 5.45. The Hall–Kier alpha value is -1.42. The maximum atomic E-state index is 11.1. The molecule has 0 bridgehead atoms. The highest BCUT2D eigenvalue weighted by atomic mass is 35.5. The predicted molar refractivity (Wildman–Crippen MR) is 63.2 cm³/mol. The second kappa shape index (κ2) is 5.61. The van der Waals surface area contributed by atoms with Gasteiger partial charge in [0.2, 0.25) is 5.91 Å². The number of nitrogens with one attached hydrogen (secondary N) is 1. The molecule has 0 radical (unpaired) electrons. The molecule has 0 unspecified atom stereocenters. The highest BCUT2D eigenvalue weighted by Gasteiger charge is 2.09. The van der Waals surface area contributed by atoms with Gasteiger partial charge >= 0.3 is 0 Å². The molecule has 1 aromatic carbocycles. The largest absolute Gasteiger partial charge is 0.508 e. The van der Waals surface area contributed by atoms with Crippen LogP contribution in [-0.2, 0) is 4.79 Å². The van der Waals surface area contributed by atoms with E-state index in [1.807, 2.05) is 13.8 Å². The number of benzene rings is 1. The molecule has 2 N–H and O–H groups in total. The molecule has 0 spiro atoms. The molecule has 0 saturated carbocycles. The van der Waals surface area contributed by atoms with Crippen molar-refractivity contribution in [2.24, 2.45) is 0 Å². The maximum Gasteiger partial charge on any atom is 0.239 e. The van der Waals surface area contributed by atoms with Crippen LogP contribution in [-0.4, -0.2) is 23.0 Å². The van der Waals surface area contributed by atoms with Crippen LogP contribution in [0.25, 0.3) is 0 Å². The quantitative estimate of drug-likeness (QED) is 0.631. The number of phenolic OH excluding ortho intramolecular Hbond substituents is 1. The molecule has 16 heavy (non-hydrogen) atoms. The van der Waals surface area contributed by atoms with Crippen LogP contribution in [0.1, 0.15) is 13.8 Å². The zero-order chi connectivity index (χ0) is 12.1. The van der Waals surface area contributed by atoms with E-state index in [4.69, 9.17) is 16.3 Å². The standard InChI is InChI=1S/C11H14ClNO3/c1-7(2)16-10-5-8(14)3-4-9(10)13-11(15)6-12/h3-5,7,14H,6H2,1-2H3,(H,13,15). The van der Waals surface area contributed by atoms with E-state index in [0.717, 1.165) is 0 Å². The summed E-state index contributed by atoms with van der Waals surface area (Å²) in [6, 6.07) is 4.48. The van der Waals surface area contributed by atoms with E-state index in [1.165, 1.54) is 12.1 Å². The van der Waals surface area contributed by atoms with Gasteiger partial charge in [0.05, 0.1) is 11.8 Å². The van der Waals surface area contributed by atoms with E-state index >= 15 is 0 Å². The number of amides is 1. The van der Waals surface area contributed by atoms with Crippen molar-refractivity contribution in [3.63, 3.8) is 0 Å². The number of rotatable bonds is 4. The normalized spacial score (nSPS) is 10.2. The minimum absolute atomic E-state index is 0.0477. The molecule has 1 rings (SSSR count). The fourth-order valence-corrected chi connectivity index (χ4v) is 1.22. The third-order valence-corrected chi connectivity index (χ3v) is 1.97. The van der Waals surface area contributed by atoms with Crippen LogP contribution in [0.3, 0.4) is 0 Å². The summed E-state index contributed by atoms with van der Waals surface area (Å²) >= 11 is 5.39. The first-order chi connectivity index (χ1) is 7.52. The summed E-state index contributed by atoms with van der Waals surface area (Å²) in [4.78, 5) is 11.1. The Morgan fingerprint density at radius 1 is 1.56 bits per heavy atom. The van der Waals surface area contributed by atoms with E-state index in [0.29, 0.717) is 11.4 Å². The molecule has 0 aromatic heterocycles. The predicted octanol–water partition coefficient (Wildman–Crippen LogP) is 2.36. The molecule has 1 amide bonds. The first-order valence-electron chi connectivity index (χ1n) is 4.88. The molecule has 0 saturated heterocycles. The molecule has 0 fully saturated rings. The highest BCUT2D eigenvalue weighted by molar-refractivity contribution is 6.29. The third-order valence-electron chi connectivity index (χ3n) is 1.72. The summed E-state index contributed by atoms with van der Waals surface area (Å²) in [5, 5.41) is 11.9. The van der Waals surface area contributed by atoms with Crippen LogP contribution < -0.4 is 10.1 Å². The van der Waals surface area contributed by atoms with Crippen LogP contribution in [0.5, 0.6) is 11.5 Å². The summed E-state index contributed by atoms with van der Waals surface area (Å²) in [7, 11) is 0. The van der Waals surface area contributed by atoms with E-state index < -0.39 is 0 Å². The Balaban J connectivity index is 2.93. The summed E-state index contributed by atoms with van der Waals surface area (Å²) in [5.41, 5.74) is 0.497. The summed E-state index contributed by atoms with van der Waals surface area (Å²) in [5.74, 6) is 0.0658. The molecule has 4 nitrogen and oxygen atoms in total. The van der Waals surface area contributed by atoms with Crippen molar-refractivity contribution in [1.82, 2.24) is 0 Å². The molecule has 0 aliphatic carbocycles. The zero-order valence-corrected chi connectivity index (χ0v) is 9.91. The van der Waals surface area contributed by atoms with Gasteiger partial charge in [0, 0.05) is 6.07 Å². The van der Waals surface area contributed by atoms with Crippen molar-refractivity contribution >= 4 is 23.2 Å². The van der Waals surface area contributed by atoms with Gasteiger partial charge in [-0.1, -0.05) is 0 Å². The molecule has 0 aliphatic heterocycles. The second-order valence-corrected chi connectivity index (χ2v) is 3.80. The molecule has 88 valence electrons. The molecule has 0 aliphatic rings. The molecular formula is C11H14ClNO3. The van der Waals surface area contributed by atoms with Crippen molar-refractivity contribution in [1.29, 1.82) is 0 Å². The zero-order valence-electron chi connectivity index (χ0n) is 9.16. The highest BCUT2D eigenvalue weighted by Crippen LogP contribution is 2.29. The van der Waals surface area contributed by atoms with Crippen LogP contribution in [0.2, 0.25) is 0 Å². The monoisotopic (exact) mass is 243 g/mol. The molecule has 1 aromatic rings. The molecule has 0 atom stereocenters. The lowest BCUT2D eigenvalue weighted by molar-refractivity contribution is -0.113. The molecular weight excluding hydrogens is 230 g/mol. The number of ether oxygens (including phenoxy) is 1. The summed E-state index contributed by atoms with van der Waals surface area (Å²) in [6.45, 7) is 3.72. The maximum absolute atomic E-state index is 11.1. The Morgan fingerprint density at radius 2 is 2.25 bits per heavy atom. The van der Waals surface area contributed by atoms with Gasteiger partial charge in [0.25, 0.3) is 0 Å². The van der Waals surface area contributed by atoms with Crippen molar-refractivity contribution in [3.8, 4) is 11.5 Å². The number of aromatic hydroxyl groups is 1. The van der Waals surface area contributed by atoms with Gasteiger partial charge in [-0.25, -0.2) is 0 Å². The smallest absolute Gasteiger partial charge is 0.239 e. The SMILES string of the molecule is CC(C)Oc1cc(O)ccc1NC(=O)CCl. The van der Waals surface area contributed by atoms with Crippen LogP contribution in [0, 0.1) is 0 Å². The van der Waals surface area contributed by atoms with Gasteiger partial charge in [-0.05, 0) is 26.0 Å². The van der Waals surface area contributed by atoms with Crippen molar-refractivity contribution < 1.29 is 14.6 Å². The number of alkyl halides is 1. The Labute approximate surface area is 99.2 Å². The lowest BCUT2D eigenvalue weighted by Gasteiger charge is -2.14. The van der Waals surface area contributed by atoms with Crippen molar-refractivity contribution in [3.05, 3.63) is 18.2 Å². The third kappa shape index (κ3) is 3.62. The number of phenols is 1. The lowest BCUT2D eigenvalue weighted by atomic mass is 10.2. The Kier molecular flexibility index (Phi) is 4.43. The van der Waals surface area contributed by atoms with E-state index in [-0.39, 0.29) is 23.6 Å². The molecule has 0 heterocycles. The fourth-order valence-electron chi connectivity index (χ4n) is 1.15. The van der Waals surface area contributed by atoms with Crippen LogP contribution >= 0.6 is 11.6 Å². The topological polar surface area (TPSA) is 58.6 Å². The average Bonchev–Trinajstić information content (AvgIpc) is 2.21. The Morgan fingerprint density at radius 3 is 2.81 bits per heavy atom. The fraction of sp³-hybridized carbons (Fsp3) is 0.364. The van der Waals surface area contributed by atoms with Gasteiger partial charge in [-0.2, -0.15) is 0 Å². The first-order valence-corrected chi connectivity index (χ1v) is 5.42. The number of halogens is 1. The number of carbonyl (C=O) groups excluding carboxylic acids is 1. The van der Waals surface area contributed by atoms with Gasteiger partial charge in [-0.3, -0.25) is 4.79 Å². The van der Waals surface area contributed by atoms with E-state index in [9.17, 15) is 9.90 Å². The number of hydrogen-bond acceptors (Lipinski definition) is 3. The van der Waals surface area contributed by atoms with Gasteiger partial charge < -0.3 is 15.2 Å².